The molecule has 0 bridgehead atoms. The Morgan fingerprint density at radius 3 is 2.69 bits per heavy atom. The van der Waals surface area contributed by atoms with Gasteiger partial charge in [0.2, 0.25) is 5.78 Å². The zero-order chi connectivity index (χ0) is 21.8. The second-order valence-electron chi connectivity index (χ2n) is 7.68. The third-order valence-electron chi connectivity index (χ3n) is 5.75. The normalized spacial score (nSPS) is 18.4. The zero-order valence-electron chi connectivity index (χ0n) is 16.6. The number of allylic oxidation sites excluding steroid dienone is 1. The number of aromatic nitrogens is 1. The number of carbonyl (C=O) groups is 2. The van der Waals surface area contributed by atoms with Gasteiger partial charge < -0.3 is 18.9 Å². The number of benzene rings is 2. The number of ether oxygens (including phenoxy) is 2. The summed E-state index contributed by atoms with van der Waals surface area (Å²) in [5.74, 6) is -0.214. The van der Waals surface area contributed by atoms with Gasteiger partial charge in [0, 0.05) is 28.6 Å². The highest BCUT2D eigenvalue weighted by atomic mass is 16.5. The summed E-state index contributed by atoms with van der Waals surface area (Å²) in [6.45, 7) is 0. The fourth-order valence-corrected chi connectivity index (χ4v) is 4.30. The molecule has 4 heterocycles. The minimum atomic E-state index is -0.620. The number of carbonyl (C=O) groups excluding carboxylic acids is 2. The summed E-state index contributed by atoms with van der Waals surface area (Å²) in [6.07, 6.45) is 2.98. The lowest BCUT2D eigenvalue weighted by Crippen LogP contribution is -2.26. The Bertz CT molecular complexity index is 1510. The standard InChI is InChI=1S/C25H15NO6/c27-21-12-16(17-10-13-4-1-2-6-18(13)26-25(17)29)22-19(31-21)8-7-15-23(28)20(32-24(15)22)11-14-5-3-9-30-14/h1-11,16H,12H2,(H,26,29). The van der Waals surface area contributed by atoms with Crippen LogP contribution in [0.2, 0.25) is 0 Å². The lowest BCUT2D eigenvalue weighted by molar-refractivity contribution is -0.135. The van der Waals surface area contributed by atoms with Crippen molar-refractivity contribution >= 4 is 28.7 Å². The molecule has 4 aromatic rings. The number of esters is 1. The van der Waals surface area contributed by atoms with Crippen LogP contribution in [-0.2, 0) is 4.79 Å². The average molecular weight is 425 g/mol. The second-order valence-corrected chi connectivity index (χ2v) is 7.68. The van der Waals surface area contributed by atoms with Crippen LogP contribution in [-0.4, -0.2) is 16.7 Å². The summed E-state index contributed by atoms with van der Waals surface area (Å²) in [7, 11) is 0. The number of hydrogen-bond acceptors (Lipinski definition) is 6. The number of nitrogens with one attached hydrogen (secondary N) is 1. The molecule has 0 saturated carbocycles. The van der Waals surface area contributed by atoms with E-state index in [2.05, 4.69) is 4.98 Å². The molecule has 156 valence electrons. The van der Waals surface area contributed by atoms with Gasteiger partial charge in [-0.3, -0.25) is 14.4 Å². The van der Waals surface area contributed by atoms with Crippen molar-refractivity contribution in [1.29, 1.82) is 0 Å². The largest absolute Gasteiger partial charge is 0.465 e. The van der Waals surface area contributed by atoms with Gasteiger partial charge in [0.15, 0.2) is 5.76 Å². The molecule has 0 saturated heterocycles. The molecule has 6 rings (SSSR count). The van der Waals surface area contributed by atoms with E-state index in [1.807, 2.05) is 24.3 Å². The van der Waals surface area contributed by atoms with E-state index in [0.29, 0.717) is 33.7 Å². The van der Waals surface area contributed by atoms with E-state index in [-0.39, 0.29) is 29.3 Å². The van der Waals surface area contributed by atoms with Crippen molar-refractivity contribution in [3.05, 3.63) is 99.4 Å². The molecule has 2 aromatic heterocycles. The predicted octanol–water partition coefficient (Wildman–Crippen LogP) is 4.18. The summed E-state index contributed by atoms with van der Waals surface area (Å²) in [6, 6.07) is 15.7. The number of pyridine rings is 1. The lowest BCUT2D eigenvalue weighted by Gasteiger charge is -2.26. The van der Waals surface area contributed by atoms with Crippen molar-refractivity contribution in [2.75, 3.05) is 0 Å². The van der Waals surface area contributed by atoms with E-state index in [4.69, 9.17) is 13.9 Å². The number of fused-ring (bicyclic) bond motifs is 4. The van der Waals surface area contributed by atoms with Gasteiger partial charge in [0.25, 0.3) is 5.56 Å². The van der Waals surface area contributed by atoms with Crippen LogP contribution >= 0.6 is 0 Å². The number of para-hydroxylation sites is 1. The van der Waals surface area contributed by atoms with Crippen molar-refractivity contribution in [2.24, 2.45) is 0 Å². The highest BCUT2D eigenvalue weighted by Gasteiger charge is 2.39. The van der Waals surface area contributed by atoms with Gasteiger partial charge in [-0.15, -0.1) is 0 Å². The molecule has 2 aromatic carbocycles. The minimum absolute atomic E-state index is 0.0420. The van der Waals surface area contributed by atoms with Crippen molar-refractivity contribution in [2.45, 2.75) is 12.3 Å². The number of Topliss-reactive ketones (excluding diaryl/α,β-unsaturated/α-hetero) is 1. The third kappa shape index (κ3) is 2.79. The third-order valence-corrected chi connectivity index (χ3v) is 5.75. The molecule has 0 amide bonds. The van der Waals surface area contributed by atoms with Crippen molar-refractivity contribution in [1.82, 2.24) is 4.98 Å². The Kier molecular flexibility index (Phi) is 3.91. The van der Waals surface area contributed by atoms with Gasteiger partial charge in [0.1, 0.15) is 17.3 Å². The Morgan fingerprint density at radius 2 is 1.84 bits per heavy atom. The maximum atomic E-state index is 13.0. The molecule has 32 heavy (non-hydrogen) atoms. The molecule has 0 spiro atoms. The topological polar surface area (TPSA) is 98.6 Å². The number of H-pyrrole nitrogens is 1. The Morgan fingerprint density at radius 1 is 0.969 bits per heavy atom. The quantitative estimate of drug-likeness (QED) is 0.294. The summed E-state index contributed by atoms with van der Waals surface area (Å²) in [5.41, 5.74) is 1.67. The smallest absolute Gasteiger partial charge is 0.312 e. The van der Waals surface area contributed by atoms with Crippen LogP contribution in [0.5, 0.6) is 11.5 Å². The van der Waals surface area contributed by atoms with Gasteiger partial charge in [-0.2, -0.15) is 0 Å². The fourth-order valence-electron chi connectivity index (χ4n) is 4.30. The molecular weight excluding hydrogens is 410 g/mol. The first-order valence-corrected chi connectivity index (χ1v) is 10.1. The molecule has 0 aliphatic carbocycles. The summed E-state index contributed by atoms with van der Waals surface area (Å²) in [5, 5.41) is 0.838. The van der Waals surface area contributed by atoms with Crippen LogP contribution in [0.4, 0.5) is 0 Å². The molecule has 0 radical (unpaired) electrons. The van der Waals surface area contributed by atoms with E-state index in [0.717, 1.165) is 5.39 Å². The Balaban J connectivity index is 1.53. The first-order valence-electron chi connectivity index (χ1n) is 10.1. The SMILES string of the molecule is O=C1CC(c2cc3ccccc3[nH]c2=O)c2c(ccc3c2OC(=Cc2ccco2)C3=O)O1. The highest BCUT2D eigenvalue weighted by Crippen LogP contribution is 2.48. The second kappa shape index (κ2) is 6.81. The Hall–Kier alpha value is -4.39. The molecule has 1 unspecified atom stereocenters. The predicted molar refractivity (Wildman–Crippen MR) is 115 cm³/mol. The first-order chi connectivity index (χ1) is 15.6. The lowest BCUT2D eigenvalue weighted by atomic mass is 9.85. The fraction of sp³-hybridized carbons (Fsp3) is 0.0800. The van der Waals surface area contributed by atoms with Crippen molar-refractivity contribution < 1.29 is 23.5 Å². The van der Waals surface area contributed by atoms with Crippen LogP contribution in [0.15, 0.2) is 75.8 Å². The van der Waals surface area contributed by atoms with E-state index in [1.54, 1.807) is 30.3 Å². The monoisotopic (exact) mass is 425 g/mol. The van der Waals surface area contributed by atoms with Gasteiger partial charge in [0.05, 0.1) is 18.2 Å². The van der Waals surface area contributed by atoms with Gasteiger partial charge in [-0.25, -0.2) is 0 Å². The number of ketones is 1. The van der Waals surface area contributed by atoms with Crippen LogP contribution < -0.4 is 15.0 Å². The van der Waals surface area contributed by atoms with Crippen molar-refractivity contribution in [3.63, 3.8) is 0 Å². The van der Waals surface area contributed by atoms with Crippen LogP contribution in [0.25, 0.3) is 17.0 Å². The number of furan rings is 1. The maximum Gasteiger partial charge on any atom is 0.312 e. The van der Waals surface area contributed by atoms with Gasteiger partial charge in [-0.1, -0.05) is 18.2 Å². The summed E-state index contributed by atoms with van der Waals surface area (Å²) < 4.78 is 16.7. The van der Waals surface area contributed by atoms with Gasteiger partial charge in [-0.05, 0) is 41.8 Å². The maximum absolute atomic E-state index is 13.0. The van der Waals surface area contributed by atoms with Crippen LogP contribution in [0.3, 0.4) is 0 Å². The molecule has 1 atom stereocenters. The molecule has 0 fully saturated rings. The minimum Gasteiger partial charge on any atom is -0.465 e. The molecule has 7 nitrogen and oxygen atoms in total. The number of aromatic amines is 1. The van der Waals surface area contributed by atoms with Crippen molar-refractivity contribution in [3.8, 4) is 11.5 Å². The molecule has 7 heteroatoms. The highest BCUT2D eigenvalue weighted by molar-refractivity contribution is 6.15. The van der Waals surface area contributed by atoms with E-state index >= 15 is 0 Å². The number of hydrogen-bond donors (Lipinski definition) is 1. The van der Waals surface area contributed by atoms with Crippen LogP contribution in [0.1, 0.15) is 39.6 Å². The summed E-state index contributed by atoms with van der Waals surface area (Å²) in [4.78, 5) is 41.1. The van der Waals surface area contributed by atoms with E-state index in [9.17, 15) is 14.4 Å². The molecule has 1 N–H and O–H groups in total. The van der Waals surface area contributed by atoms with Gasteiger partial charge >= 0.3 is 5.97 Å². The first kappa shape index (κ1) is 18.4. The summed E-state index contributed by atoms with van der Waals surface area (Å²) >= 11 is 0. The Labute approximate surface area is 180 Å². The molecule has 2 aliphatic heterocycles. The molecule has 2 aliphatic rings. The van der Waals surface area contributed by atoms with Crippen LogP contribution in [0, 0.1) is 0 Å². The zero-order valence-corrected chi connectivity index (χ0v) is 16.6. The molecular formula is C25H15NO6. The average Bonchev–Trinajstić information content (AvgIpc) is 3.41. The van der Waals surface area contributed by atoms with E-state index < -0.39 is 11.9 Å². The number of rotatable bonds is 2. The van der Waals surface area contributed by atoms with E-state index in [1.165, 1.54) is 12.3 Å².